The molecule has 1 N–H and O–H groups in total. The lowest BCUT2D eigenvalue weighted by Crippen LogP contribution is -2.27. The van der Waals surface area contributed by atoms with Crippen LogP contribution in [-0.4, -0.2) is 16.6 Å². The fourth-order valence-electron chi connectivity index (χ4n) is 2.30. The van der Waals surface area contributed by atoms with Crippen molar-refractivity contribution in [1.29, 1.82) is 0 Å². The molecular formula is C18H19FN2O4. The van der Waals surface area contributed by atoms with Crippen LogP contribution in [-0.2, 0) is 4.74 Å². The van der Waals surface area contributed by atoms with E-state index in [1.165, 1.54) is 24.3 Å². The van der Waals surface area contributed by atoms with Gasteiger partial charge in [-0.05, 0) is 62.6 Å². The molecule has 0 atom stereocenters. The smallest absolute Gasteiger partial charge is 0.412 e. The minimum Gasteiger partial charge on any atom is -0.444 e. The molecule has 0 radical (unpaired) electrons. The van der Waals surface area contributed by atoms with Crippen LogP contribution < -0.4 is 5.32 Å². The maximum Gasteiger partial charge on any atom is 0.412 e. The summed E-state index contributed by atoms with van der Waals surface area (Å²) in [5, 5.41) is 13.8. The van der Waals surface area contributed by atoms with Gasteiger partial charge in [0, 0.05) is 6.07 Å². The van der Waals surface area contributed by atoms with Crippen LogP contribution in [0.5, 0.6) is 0 Å². The van der Waals surface area contributed by atoms with Crippen LogP contribution in [0.2, 0.25) is 0 Å². The molecule has 1 amide bonds. The number of nitro groups is 1. The van der Waals surface area contributed by atoms with E-state index >= 15 is 0 Å². The van der Waals surface area contributed by atoms with Crippen LogP contribution in [0.3, 0.4) is 0 Å². The quantitative estimate of drug-likeness (QED) is 0.622. The summed E-state index contributed by atoms with van der Waals surface area (Å²) in [5.41, 5.74) is 0.982. The monoisotopic (exact) mass is 346 g/mol. The fourth-order valence-corrected chi connectivity index (χ4v) is 2.30. The molecule has 0 aromatic heterocycles. The lowest BCUT2D eigenvalue weighted by atomic mass is 9.99. The van der Waals surface area contributed by atoms with Gasteiger partial charge in [-0.2, -0.15) is 0 Å². The van der Waals surface area contributed by atoms with Crippen molar-refractivity contribution in [2.24, 2.45) is 0 Å². The zero-order valence-electron chi connectivity index (χ0n) is 14.4. The molecule has 2 aromatic rings. The van der Waals surface area contributed by atoms with E-state index in [9.17, 15) is 19.3 Å². The van der Waals surface area contributed by atoms with Crippen LogP contribution in [0.4, 0.5) is 20.6 Å². The zero-order chi connectivity index (χ0) is 18.8. The SMILES string of the molecule is Cc1cc(NC(=O)OC(C)(C)C)c([N+](=O)[O-])cc1-c1ccc(F)cc1. The van der Waals surface area contributed by atoms with E-state index in [1.54, 1.807) is 39.8 Å². The molecule has 0 heterocycles. The van der Waals surface area contributed by atoms with Gasteiger partial charge >= 0.3 is 6.09 Å². The predicted octanol–water partition coefficient (Wildman–Crippen LogP) is 5.06. The van der Waals surface area contributed by atoms with Gasteiger partial charge in [-0.3, -0.25) is 15.4 Å². The van der Waals surface area contributed by atoms with Crippen molar-refractivity contribution in [2.75, 3.05) is 5.32 Å². The molecule has 6 nitrogen and oxygen atoms in total. The van der Waals surface area contributed by atoms with Gasteiger partial charge in [0.15, 0.2) is 0 Å². The Morgan fingerprint density at radius 3 is 2.32 bits per heavy atom. The highest BCUT2D eigenvalue weighted by Gasteiger charge is 2.22. The topological polar surface area (TPSA) is 81.5 Å². The number of hydrogen-bond acceptors (Lipinski definition) is 4. The Hall–Kier alpha value is -2.96. The van der Waals surface area contributed by atoms with Gasteiger partial charge in [0.05, 0.1) is 4.92 Å². The third kappa shape index (κ3) is 4.76. The number of nitrogens with zero attached hydrogens (tertiary/aromatic N) is 1. The molecule has 0 aliphatic rings. The molecule has 0 fully saturated rings. The number of ether oxygens (including phenoxy) is 1. The number of anilines is 1. The molecule has 0 saturated heterocycles. The third-order valence-corrected chi connectivity index (χ3v) is 3.33. The summed E-state index contributed by atoms with van der Waals surface area (Å²) in [6.07, 6.45) is -0.774. The van der Waals surface area contributed by atoms with Gasteiger partial charge in [0.1, 0.15) is 17.1 Å². The van der Waals surface area contributed by atoms with Gasteiger partial charge < -0.3 is 4.74 Å². The number of hydrogen-bond donors (Lipinski definition) is 1. The first-order chi connectivity index (χ1) is 11.6. The second-order valence-corrected chi connectivity index (χ2v) is 6.58. The van der Waals surface area contributed by atoms with Crippen molar-refractivity contribution in [3.63, 3.8) is 0 Å². The molecule has 0 spiro atoms. The first kappa shape index (κ1) is 18.4. The molecule has 2 aromatic carbocycles. The number of benzene rings is 2. The normalized spacial score (nSPS) is 11.1. The first-order valence-corrected chi connectivity index (χ1v) is 7.62. The Labute approximate surface area is 144 Å². The summed E-state index contributed by atoms with van der Waals surface area (Å²) in [4.78, 5) is 22.7. The van der Waals surface area contributed by atoms with E-state index < -0.39 is 16.6 Å². The van der Waals surface area contributed by atoms with E-state index in [0.29, 0.717) is 16.7 Å². The number of halogens is 1. The summed E-state index contributed by atoms with van der Waals surface area (Å²) in [6.45, 7) is 6.85. The molecule has 0 unspecified atom stereocenters. The van der Waals surface area contributed by atoms with Crippen molar-refractivity contribution >= 4 is 17.5 Å². The average Bonchev–Trinajstić information content (AvgIpc) is 2.46. The van der Waals surface area contributed by atoms with Crippen molar-refractivity contribution in [3.05, 3.63) is 57.9 Å². The van der Waals surface area contributed by atoms with E-state index in [4.69, 9.17) is 4.74 Å². The van der Waals surface area contributed by atoms with Crippen LogP contribution in [0.15, 0.2) is 36.4 Å². The van der Waals surface area contributed by atoms with Crippen LogP contribution in [0, 0.1) is 22.9 Å². The Balaban J connectivity index is 2.42. The molecule has 0 bridgehead atoms. The van der Waals surface area contributed by atoms with Gasteiger partial charge in [0.2, 0.25) is 0 Å². The number of carbonyl (C=O) groups is 1. The summed E-state index contributed by atoms with van der Waals surface area (Å²) < 4.78 is 18.2. The molecule has 132 valence electrons. The van der Waals surface area contributed by atoms with Gasteiger partial charge in [-0.1, -0.05) is 12.1 Å². The minimum atomic E-state index is -0.774. The summed E-state index contributed by atoms with van der Waals surface area (Å²) >= 11 is 0. The molecule has 2 rings (SSSR count). The van der Waals surface area contributed by atoms with E-state index in [2.05, 4.69) is 5.32 Å². The number of amides is 1. The van der Waals surface area contributed by atoms with Crippen LogP contribution in [0.1, 0.15) is 26.3 Å². The Kier molecular flexibility index (Phi) is 5.06. The largest absolute Gasteiger partial charge is 0.444 e. The van der Waals surface area contributed by atoms with Gasteiger partial charge in [-0.25, -0.2) is 9.18 Å². The average molecular weight is 346 g/mol. The minimum absolute atomic E-state index is 0.0441. The van der Waals surface area contributed by atoms with Crippen molar-refractivity contribution in [1.82, 2.24) is 0 Å². The molecular weight excluding hydrogens is 327 g/mol. The Morgan fingerprint density at radius 1 is 1.20 bits per heavy atom. The van der Waals surface area contributed by atoms with Crippen molar-refractivity contribution < 1.29 is 18.8 Å². The number of aryl methyl sites for hydroxylation is 1. The van der Waals surface area contributed by atoms with Crippen LogP contribution >= 0.6 is 0 Å². The highest BCUT2D eigenvalue weighted by atomic mass is 19.1. The second kappa shape index (κ2) is 6.88. The molecule has 0 aliphatic carbocycles. The van der Waals surface area contributed by atoms with Gasteiger partial charge in [-0.15, -0.1) is 0 Å². The predicted molar refractivity (Wildman–Crippen MR) is 93.1 cm³/mol. The maximum absolute atomic E-state index is 13.1. The zero-order valence-corrected chi connectivity index (χ0v) is 14.4. The highest BCUT2D eigenvalue weighted by molar-refractivity contribution is 5.90. The second-order valence-electron chi connectivity index (χ2n) is 6.58. The van der Waals surface area contributed by atoms with E-state index in [1.807, 2.05) is 0 Å². The van der Waals surface area contributed by atoms with Crippen LogP contribution in [0.25, 0.3) is 11.1 Å². The summed E-state index contributed by atoms with van der Waals surface area (Å²) in [5.74, 6) is -0.390. The number of rotatable bonds is 3. The van der Waals surface area contributed by atoms with Crippen molar-refractivity contribution in [3.8, 4) is 11.1 Å². The van der Waals surface area contributed by atoms with Gasteiger partial charge in [0.25, 0.3) is 5.69 Å². The number of nitrogens with one attached hydrogen (secondary N) is 1. The van der Waals surface area contributed by atoms with E-state index in [0.717, 1.165) is 0 Å². The fraction of sp³-hybridized carbons (Fsp3) is 0.278. The summed E-state index contributed by atoms with van der Waals surface area (Å²) in [6, 6.07) is 8.52. The molecule has 0 aliphatic heterocycles. The van der Waals surface area contributed by atoms with Crippen molar-refractivity contribution in [2.45, 2.75) is 33.3 Å². The maximum atomic E-state index is 13.1. The third-order valence-electron chi connectivity index (χ3n) is 3.33. The number of carbonyl (C=O) groups excluding carboxylic acids is 1. The first-order valence-electron chi connectivity index (χ1n) is 7.62. The number of nitro benzene ring substituents is 1. The van der Waals surface area contributed by atoms with E-state index in [-0.39, 0.29) is 17.2 Å². The lowest BCUT2D eigenvalue weighted by Gasteiger charge is -2.20. The molecule has 7 heteroatoms. The summed E-state index contributed by atoms with van der Waals surface area (Å²) in [7, 11) is 0. The molecule has 25 heavy (non-hydrogen) atoms. The Morgan fingerprint density at radius 2 is 1.80 bits per heavy atom. The highest BCUT2D eigenvalue weighted by Crippen LogP contribution is 2.34. The Bertz CT molecular complexity index is 811. The standard InChI is InChI=1S/C18H19FN2O4/c1-11-9-15(20-17(22)25-18(2,3)4)16(21(23)24)10-14(11)12-5-7-13(19)8-6-12/h5-10H,1-4H3,(H,20,22). The molecule has 0 saturated carbocycles. The lowest BCUT2D eigenvalue weighted by molar-refractivity contribution is -0.383.